The molecule has 4 nitrogen and oxygen atoms in total. The molecule has 1 aliphatic rings. The van der Waals surface area contributed by atoms with Gasteiger partial charge in [-0.05, 0) is 25.0 Å². The number of hydrogen-bond acceptors (Lipinski definition) is 3. The molecule has 3 rings (SSSR count). The van der Waals surface area contributed by atoms with E-state index >= 15 is 0 Å². The highest BCUT2D eigenvalue weighted by molar-refractivity contribution is 6.42. The molecular formula is C14H16Cl2N4. The van der Waals surface area contributed by atoms with E-state index in [9.17, 15) is 0 Å². The van der Waals surface area contributed by atoms with Crippen molar-refractivity contribution in [2.24, 2.45) is 0 Å². The lowest BCUT2D eigenvalue weighted by Crippen LogP contribution is -2.21. The van der Waals surface area contributed by atoms with Gasteiger partial charge < -0.3 is 9.88 Å². The summed E-state index contributed by atoms with van der Waals surface area (Å²) in [6.45, 7) is 3.76. The van der Waals surface area contributed by atoms with E-state index in [-0.39, 0.29) is 6.04 Å². The maximum atomic E-state index is 6.19. The Morgan fingerprint density at radius 1 is 1.35 bits per heavy atom. The molecule has 6 heteroatoms. The van der Waals surface area contributed by atoms with E-state index in [1.54, 1.807) is 6.07 Å². The van der Waals surface area contributed by atoms with Crippen LogP contribution in [0.25, 0.3) is 0 Å². The van der Waals surface area contributed by atoms with Gasteiger partial charge >= 0.3 is 0 Å². The van der Waals surface area contributed by atoms with Crippen molar-refractivity contribution in [3.63, 3.8) is 0 Å². The molecule has 0 aliphatic carbocycles. The van der Waals surface area contributed by atoms with Gasteiger partial charge in [-0.1, -0.05) is 35.3 Å². The van der Waals surface area contributed by atoms with E-state index in [1.807, 2.05) is 12.1 Å². The summed E-state index contributed by atoms with van der Waals surface area (Å²) >= 11 is 12.2. The van der Waals surface area contributed by atoms with Crippen LogP contribution < -0.4 is 5.32 Å². The quantitative estimate of drug-likeness (QED) is 0.941. The number of benzene rings is 1. The summed E-state index contributed by atoms with van der Waals surface area (Å²) < 4.78 is 2.21. The molecule has 1 aliphatic heterocycles. The third kappa shape index (κ3) is 2.55. The second-order valence-electron chi connectivity index (χ2n) is 5.05. The molecule has 20 heavy (non-hydrogen) atoms. The highest BCUT2D eigenvalue weighted by Crippen LogP contribution is 2.26. The van der Waals surface area contributed by atoms with Gasteiger partial charge in [0.25, 0.3) is 0 Å². The van der Waals surface area contributed by atoms with E-state index < -0.39 is 0 Å². The number of aryl methyl sites for hydroxylation is 1. The number of nitrogens with zero attached hydrogens (tertiary/aromatic N) is 3. The number of rotatable bonds is 4. The van der Waals surface area contributed by atoms with Crippen LogP contribution in [-0.4, -0.2) is 14.8 Å². The van der Waals surface area contributed by atoms with Gasteiger partial charge in [0.05, 0.1) is 16.1 Å². The predicted octanol–water partition coefficient (Wildman–Crippen LogP) is 3.38. The van der Waals surface area contributed by atoms with Crippen molar-refractivity contribution >= 4 is 23.2 Å². The van der Waals surface area contributed by atoms with Crippen molar-refractivity contribution in [1.29, 1.82) is 0 Å². The summed E-state index contributed by atoms with van der Waals surface area (Å²) in [6.07, 6.45) is 2.19. The zero-order chi connectivity index (χ0) is 14.1. The highest BCUT2D eigenvalue weighted by atomic mass is 35.5. The molecule has 1 N–H and O–H groups in total. The zero-order valence-corrected chi connectivity index (χ0v) is 12.7. The molecule has 0 saturated heterocycles. The van der Waals surface area contributed by atoms with Crippen molar-refractivity contribution < 1.29 is 0 Å². The molecule has 1 aromatic carbocycles. The van der Waals surface area contributed by atoms with Gasteiger partial charge in [-0.15, -0.1) is 10.2 Å². The van der Waals surface area contributed by atoms with Gasteiger partial charge in [0.1, 0.15) is 11.6 Å². The van der Waals surface area contributed by atoms with Crippen LogP contribution in [0.4, 0.5) is 0 Å². The first-order valence-corrected chi connectivity index (χ1v) is 7.50. The van der Waals surface area contributed by atoms with Crippen LogP contribution in [0.5, 0.6) is 0 Å². The molecule has 1 aromatic heterocycles. The molecule has 0 bridgehead atoms. The van der Waals surface area contributed by atoms with E-state index in [4.69, 9.17) is 23.2 Å². The molecule has 0 spiro atoms. The van der Waals surface area contributed by atoms with Crippen molar-refractivity contribution in [1.82, 2.24) is 20.1 Å². The van der Waals surface area contributed by atoms with E-state index in [1.165, 1.54) is 0 Å². The fourth-order valence-corrected chi connectivity index (χ4v) is 2.92. The Morgan fingerprint density at radius 2 is 2.20 bits per heavy atom. The summed E-state index contributed by atoms with van der Waals surface area (Å²) in [6, 6.07) is 5.80. The van der Waals surface area contributed by atoms with Crippen LogP contribution in [-0.2, 0) is 19.5 Å². The van der Waals surface area contributed by atoms with Crippen molar-refractivity contribution in [2.75, 3.05) is 0 Å². The van der Waals surface area contributed by atoms with Gasteiger partial charge in [0.2, 0.25) is 0 Å². The normalized spacial score (nSPS) is 15.3. The van der Waals surface area contributed by atoms with Crippen LogP contribution in [0.15, 0.2) is 18.2 Å². The molecule has 2 aromatic rings. The van der Waals surface area contributed by atoms with Gasteiger partial charge in [-0.2, -0.15) is 0 Å². The minimum absolute atomic E-state index is 0.129. The summed E-state index contributed by atoms with van der Waals surface area (Å²) in [4.78, 5) is 0. The fraction of sp³-hybridized carbons (Fsp3) is 0.429. The number of aromatic nitrogens is 3. The molecule has 0 amide bonds. The smallest absolute Gasteiger partial charge is 0.149 e. The van der Waals surface area contributed by atoms with E-state index in [0.29, 0.717) is 16.6 Å². The van der Waals surface area contributed by atoms with Gasteiger partial charge in [0, 0.05) is 19.5 Å². The molecule has 0 fully saturated rings. The van der Waals surface area contributed by atoms with Crippen molar-refractivity contribution in [2.45, 2.75) is 38.9 Å². The first-order chi connectivity index (χ1) is 9.66. The minimum atomic E-state index is 0.129. The lowest BCUT2D eigenvalue weighted by atomic mass is 10.2. The van der Waals surface area contributed by atoms with E-state index in [0.717, 1.165) is 36.6 Å². The molecule has 1 unspecified atom stereocenters. The Kier molecular flexibility index (Phi) is 3.96. The fourth-order valence-electron chi connectivity index (χ4n) is 2.53. The summed E-state index contributed by atoms with van der Waals surface area (Å²) in [5, 5.41) is 13.1. The molecular weight excluding hydrogens is 295 g/mol. The summed E-state index contributed by atoms with van der Waals surface area (Å²) in [5.41, 5.74) is 0.993. The van der Waals surface area contributed by atoms with Crippen LogP contribution in [0, 0.1) is 0 Å². The second-order valence-corrected chi connectivity index (χ2v) is 5.83. The number of nitrogens with one attached hydrogen (secondary N) is 1. The van der Waals surface area contributed by atoms with E-state index in [2.05, 4.69) is 27.0 Å². The van der Waals surface area contributed by atoms with Gasteiger partial charge in [-0.3, -0.25) is 0 Å². The lowest BCUT2D eigenvalue weighted by Gasteiger charge is -2.14. The first kappa shape index (κ1) is 13.9. The van der Waals surface area contributed by atoms with Crippen LogP contribution in [0.1, 0.15) is 36.6 Å². The third-order valence-corrected chi connectivity index (χ3v) is 4.51. The molecule has 0 saturated carbocycles. The Balaban J connectivity index is 1.70. The highest BCUT2D eigenvalue weighted by Gasteiger charge is 2.21. The largest absolute Gasteiger partial charge is 0.314 e. The Bertz CT molecular complexity index is 624. The zero-order valence-electron chi connectivity index (χ0n) is 11.2. The number of halogens is 2. The topological polar surface area (TPSA) is 42.7 Å². The Morgan fingerprint density at radius 3 is 3.05 bits per heavy atom. The second kappa shape index (κ2) is 5.72. The minimum Gasteiger partial charge on any atom is -0.314 e. The number of hydrogen-bond donors (Lipinski definition) is 1. The molecule has 1 atom stereocenters. The van der Waals surface area contributed by atoms with Crippen LogP contribution in [0.2, 0.25) is 10.0 Å². The lowest BCUT2D eigenvalue weighted by molar-refractivity contribution is 0.516. The summed E-state index contributed by atoms with van der Waals surface area (Å²) in [7, 11) is 0. The predicted molar refractivity (Wildman–Crippen MR) is 80.1 cm³/mol. The molecule has 0 radical (unpaired) electrons. The molecule has 106 valence electrons. The standard InChI is InChI=1S/C14H16Cl2N4/c1-9(14-19-18-12-6-3-7-20(12)14)17-8-10-4-2-5-11(15)13(10)16/h2,4-5,9,17H,3,6-8H2,1H3. The van der Waals surface area contributed by atoms with Gasteiger partial charge in [0.15, 0.2) is 0 Å². The molecule has 2 heterocycles. The van der Waals surface area contributed by atoms with Crippen molar-refractivity contribution in [3.05, 3.63) is 45.5 Å². The van der Waals surface area contributed by atoms with Crippen molar-refractivity contribution in [3.8, 4) is 0 Å². The third-order valence-electron chi connectivity index (χ3n) is 3.66. The van der Waals surface area contributed by atoms with Gasteiger partial charge in [-0.25, -0.2) is 0 Å². The van der Waals surface area contributed by atoms with Crippen LogP contribution in [0.3, 0.4) is 0 Å². The summed E-state index contributed by atoms with van der Waals surface area (Å²) in [5.74, 6) is 2.09. The average molecular weight is 311 g/mol. The average Bonchev–Trinajstić information content (AvgIpc) is 3.02. The monoisotopic (exact) mass is 310 g/mol. The van der Waals surface area contributed by atoms with Crippen LogP contribution >= 0.6 is 23.2 Å². The maximum Gasteiger partial charge on any atom is 0.149 e. The first-order valence-electron chi connectivity index (χ1n) is 6.75. The number of fused-ring (bicyclic) bond motifs is 1. The Labute approximate surface area is 128 Å². The Hall–Kier alpha value is -1.10. The maximum absolute atomic E-state index is 6.19. The SMILES string of the molecule is CC(NCc1cccc(Cl)c1Cl)c1nnc2n1CCC2.